The van der Waals surface area contributed by atoms with Gasteiger partial charge in [0.15, 0.2) is 0 Å². The van der Waals surface area contributed by atoms with Crippen molar-refractivity contribution in [1.82, 2.24) is 14.4 Å². The number of aromatic nitrogens is 1. The molecule has 1 fully saturated rings. The van der Waals surface area contributed by atoms with E-state index in [2.05, 4.69) is 0 Å². The molecule has 1 saturated heterocycles. The third-order valence-corrected chi connectivity index (χ3v) is 4.24. The second-order valence-electron chi connectivity index (χ2n) is 5.66. The van der Waals surface area contributed by atoms with E-state index in [-0.39, 0.29) is 11.8 Å². The minimum atomic E-state index is 0.0349. The Hall–Kier alpha value is -2.56. The second kappa shape index (κ2) is 6.69. The Morgan fingerprint density at radius 2 is 1.48 bits per heavy atom. The molecule has 0 radical (unpaired) electrons. The molecule has 1 aliphatic rings. The highest BCUT2D eigenvalue weighted by Gasteiger charge is 2.23. The van der Waals surface area contributed by atoms with E-state index in [1.54, 1.807) is 0 Å². The van der Waals surface area contributed by atoms with Crippen LogP contribution in [0.4, 0.5) is 0 Å². The van der Waals surface area contributed by atoms with Gasteiger partial charge in [-0.1, -0.05) is 6.92 Å². The Morgan fingerprint density at radius 3 is 2.04 bits per heavy atom. The summed E-state index contributed by atoms with van der Waals surface area (Å²) in [5, 5.41) is 0. The van der Waals surface area contributed by atoms with Crippen molar-refractivity contribution in [3.05, 3.63) is 54.4 Å². The molecule has 5 nitrogen and oxygen atoms in total. The molecule has 1 aromatic carbocycles. The monoisotopic (exact) mass is 311 g/mol. The van der Waals surface area contributed by atoms with Crippen LogP contribution in [0.3, 0.4) is 0 Å². The summed E-state index contributed by atoms with van der Waals surface area (Å²) in [7, 11) is 0. The fourth-order valence-corrected chi connectivity index (χ4v) is 2.85. The average Bonchev–Trinajstić information content (AvgIpc) is 3.15. The van der Waals surface area contributed by atoms with Crippen LogP contribution < -0.4 is 0 Å². The highest BCUT2D eigenvalue weighted by molar-refractivity contribution is 5.94. The van der Waals surface area contributed by atoms with Gasteiger partial charge < -0.3 is 14.4 Å². The normalized spacial score (nSPS) is 14.8. The van der Waals surface area contributed by atoms with Crippen molar-refractivity contribution >= 4 is 11.8 Å². The van der Waals surface area contributed by atoms with Crippen molar-refractivity contribution in [3.63, 3.8) is 0 Å². The Kier molecular flexibility index (Phi) is 4.46. The van der Waals surface area contributed by atoms with Gasteiger partial charge in [-0.3, -0.25) is 9.59 Å². The number of hydrogen-bond acceptors (Lipinski definition) is 2. The molecule has 0 N–H and O–H groups in total. The molecule has 23 heavy (non-hydrogen) atoms. The Morgan fingerprint density at radius 1 is 0.913 bits per heavy atom. The summed E-state index contributed by atoms with van der Waals surface area (Å²) >= 11 is 0. The molecule has 1 aliphatic heterocycles. The van der Waals surface area contributed by atoms with Crippen molar-refractivity contribution < 1.29 is 9.59 Å². The van der Waals surface area contributed by atoms with Crippen LogP contribution in [-0.2, 0) is 4.79 Å². The first-order valence-corrected chi connectivity index (χ1v) is 7.99. The maximum atomic E-state index is 12.6. The minimum absolute atomic E-state index is 0.0349. The summed E-state index contributed by atoms with van der Waals surface area (Å²) in [6.07, 6.45) is 4.47. The summed E-state index contributed by atoms with van der Waals surface area (Å²) in [6.45, 7) is 4.32. The second-order valence-corrected chi connectivity index (χ2v) is 5.66. The van der Waals surface area contributed by atoms with Gasteiger partial charge in [0, 0.05) is 56.2 Å². The smallest absolute Gasteiger partial charge is 0.253 e. The van der Waals surface area contributed by atoms with Crippen molar-refractivity contribution in [2.24, 2.45) is 0 Å². The molecule has 0 bridgehead atoms. The first-order valence-electron chi connectivity index (χ1n) is 7.99. The fraction of sp³-hybridized carbons (Fsp3) is 0.333. The predicted molar refractivity (Wildman–Crippen MR) is 88.5 cm³/mol. The van der Waals surface area contributed by atoms with Crippen molar-refractivity contribution in [2.45, 2.75) is 13.3 Å². The van der Waals surface area contributed by atoms with Gasteiger partial charge in [0.2, 0.25) is 5.91 Å². The van der Waals surface area contributed by atoms with Gasteiger partial charge in [-0.25, -0.2) is 0 Å². The molecule has 0 spiro atoms. The number of benzene rings is 1. The molecular weight excluding hydrogens is 290 g/mol. The lowest BCUT2D eigenvalue weighted by Crippen LogP contribution is -2.50. The third kappa shape index (κ3) is 3.28. The summed E-state index contributed by atoms with van der Waals surface area (Å²) < 4.78 is 2.00. The summed E-state index contributed by atoms with van der Waals surface area (Å²) in [5.74, 6) is 0.195. The molecule has 2 amide bonds. The standard InChI is InChI=1S/C18H21N3O2/c1-2-17(22)20-11-13-21(14-12-20)18(23)15-5-7-16(8-6-15)19-9-3-4-10-19/h3-10H,2,11-14H2,1H3. The zero-order chi connectivity index (χ0) is 16.2. The Labute approximate surface area is 136 Å². The largest absolute Gasteiger partial charge is 0.339 e. The minimum Gasteiger partial charge on any atom is -0.339 e. The molecule has 0 unspecified atom stereocenters. The number of hydrogen-bond donors (Lipinski definition) is 0. The zero-order valence-electron chi connectivity index (χ0n) is 13.3. The molecule has 1 aromatic heterocycles. The first-order chi connectivity index (χ1) is 11.2. The van der Waals surface area contributed by atoms with E-state index in [1.165, 1.54) is 0 Å². The molecule has 2 heterocycles. The predicted octanol–water partition coefficient (Wildman–Crippen LogP) is 2.17. The maximum Gasteiger partial charge on any atom is 0.253 e. The van der Waals surface area contributed by atoms with Crippen LogP contribution in [0.1, 0.15) is 23.7 Å². The van der Waals surface area contributed by atoms with Crippen molar-refractivity contribution in [1.29, 1.82) is 0 Å². The SMILES string of the molecule is CCC(=O)N1CCN(C(=O)c2ccc(-n3cccc3)cc2)CC1. The molecule has 2 aromatic rings. The van der Waals surface area contributed by atoms with Crippen molar-refractivity contribution in [3.8, 4) is 5.69 Å². The van der Waals surface area contributed by atoms with E-state index in [4.69, 9.17) is 0 Å². The number of carbonyl (C=O) groups excluding carboxylic acids is 2. The maximum absolute atomic E-state index is 12.6. The molecule has 0 saturated carbocycles. The van der Waals surface area contributed by atoms with Gasteiger partial charge >= 0.3 is 0 Å². The fourth-order valence-electron chi connectivity index (χ4n) is 2.85. The van der Waals surface area contributed by atoms with Crippen LogP contribution in [0.25, 0.3) is 5.69 Å². The topological polar surface area (TPSA) is 45.6 Å². The van der Waals surface area contributed by atoms with Gasteiger partial charge in [0.25, 0.3) is 5.91 Å². The summed E-state index contributed by atoms with van der Waals surface area (Å²) in [5.41, 5.74) is 1.72. The van der Waals surface area contributed by atoms with E-state index < -0.39 is 0 Å². The van der Waals surface area contributed by atoms with Gasteiger partial charge in [-0.05, 0) is 36.4 Å². The van der Waals surface area contributed by atoms with Gasteiger partial charge in [0.1, 0.15) is 0 Å². The van der Waals surface area contributed by atoms with E-state index in [1.807, 2.05) is 70.1 Å². The number of rotatable bonds is 3. The molecule has 0 aliphatic carbocycles. The third-order valence-electron chi connectivity index (χ3n) is 4.24. The van der Waals surface area contributed by atoms with Crippen LogP contribution in [0.15, 0.2) is 48.8 Å². The van der Waals surface area contributed by atoms with Crippen LogP contribution in [0.2, 0.25) is 0 Å². The lowest BCUT2D eigenvalue weighted by molar-refractivity contribution is -0.132. The van der Waals surface area contributed by atoms with E-state index >= 15 is 0 Å². The zero-order valence-corrected chi connectivity index (χ0v) is 13.3. The number of carbonyl (C=O) groups is 2. The highest BCUT2D eigenvalue weighted by Crippen LogP contribution is 2.13. The van der Waals surface area contributed by atoms with Crippen LogP contribution in [0, 0.1) is 0 Å². The Balaban J connectivity index is 1.64. The highest BCUT2D eigenvalue weighted by atomic mass is 16.2. The average molecular weight is 311 g/mol. The Bertz CT molecular complexity index is 669. The lowest BCUT2D eigenvalue weighted by Gasteiger charge is -2.34. The van der Waals surface area contributed by atoms with Crippen molar-refractivity contribution in [2.75, 3.05) is 26.2 Å². The molecule has 120 valence electrons. The van der Waals surface area contributed by atoms with E-state index in [0.717, 1.165) is 5.69 Å². The number of amides is 2. The van der Waals surface area contributed by atoms with E-state index in [9.17, 15) is 9.59 Å². The van der Waals surface area contributed by atoms with Crippen LogP contribution in [-0.4, -0.2) is 52.4 Å². The molecule has 3 rings (SSSR count). The van der Waals surface area contributed by atoms with Gasteiger partial charge in [-0.15, -0.1) is 0 Å². The van der Waals surface area contributed by atoms with Gasteiger partial charge in [-0.2, -0.15) is 0 Å². The lowest BCUT2D eigenvalue weighted by atomic mass is 10.1. The molecular formula is C18H21N3O2. The number of nitrogens with zero attached hydrogens (tertiary/aromatic N) is 3. The quantitative estimate of drug-likeness (QED) is 0.872. The van der Waals surface area contributed by atoms with Crippen LogP contribution in [0.5, 0.6) is 0 Å². The number of piperazine rings is 1. The summed E-state index contributed by atoms with van der Waals surface area (Å²) in [4.78, 5) is 27.9. The van der Waals surface area contributed by atoms with Gasteiger partial charge in [0.05, 0.1) is 0 Å². The van der Waals surface area contributed by atoms with Crippen LogP contribution >= 0.6 is 0 Å². The molecule has 5 heteroatoms. The first kappa shape index (κ1) is 15.3. The summed E-state index contributed by atoms with van der Waals surface area (Å²) in [6, 6.07) is 11.6. The molecule has 0 atom stereocenters. The van der Waals surface area contributed by atoms with E-state index in [0.29, 0.717) is 38.2 Å².